The van der Waals surface area contributed by atoms with E-state index in [0.717, 1.165) is 29.3 Å². The van der Waals surface area contributed by atoms with Gasteiger partial charge >= 0.3 is 5.97 Å². The molecule has 1 amide bonds. The molecule has 1 fully saturated rings. The molecule has 1 heterocycles. The first-order valence-corrected chi connectivity index (χ1v) is 7.68. The summed E-state index contributed by atoms with van der Waals surface area (Å²) in [7, 11) is 0. The van der Waals surface area contributed by atoms with Crippen molar-refractivity contribution in [2.75, 3.05) is 0 Å². The van der Waals surface area contributed by atoms with Crippen LogP contribution in [0.4, 0.5) is 0 Å². The van der Waals surface area contributed by atoms with Gasteiger partial charge in [-0.15, -0.1) is 0 Å². The van der Waals surface area contributed by atoms with E-state index >= 15 is 0 Å². The third-order valence-electron chi connectivity index (χ3n) is 3.98. The molecule has 1 aliphatic rings. The number of aromatic nitrogens is 1. The number of aliphatic carboxylic acids is 1. The number of benzene rings is 1. The fourth-order valence-electron chi connectivity index (χ4n) is 2.62. The van der Waals surface area contributed by atoms with Crippen LogP contribution < -0.4 is 5.32 Å². The third-order valence-corrected chi connectivity index (χ3v) is 4.21. The lowest BCUT2D eigenvalue weighted by atomic mass is 10.1. The van der Waals surface area contributed by atoms with Gasteiger partial charge in [0.1, 0.15) is 6.04 Å². The summed E-state index contributed by atoms with van der Waals surface area (Å²) in [4.78, 5) is 26.4. The van der Waals surface area contributed by atoms with Crippen LogP contribution in [0.1, 0.15) is 24.8 Å². The van der Waals surface area contributed by atoms with E-state index < -0.39 is 12.0 Å². The average Bonchev–Trinajstić information content (AvgIpc) is 3.20. The van der Waals surface area contributed by atoms with Crippen molar-refractivity contribution in [3.8, 4) is 0 Å². The molecule has 5 nitrogen and oxygen atoms in total. The molecule has 22 heavy (non-hydrogen) atoms. The number of H-pyrrole nitrogens is 1. The highest BCUT2D eigenvalue weighted by atomic mass is 35.5. The molecular formula is C16H17ClN2O3. The van der Waals surface area contributed by atoms with Gasteiger partial charge in [0.2, 0.25) is 5.91 Å². The fourth-order valence-corrected chi connectivity index (χ4v) is 2.80. The van der Waals surface area contributed by atoms with Gasteiger partial charge in [-0.1, -0.05) is 24.4 Å². The summed E-state index contributed by atoms with van der Waals surface area (Å²) < 4.78 is 0. The monoisotopic (exact) mass is 320 g/mol. The zero-order valence-corrected chi connectivity index (χ0v) is 12.7. The van der Waals surface area contributed by atoms with Gasteiger partial charge in [-0.2, -0.15) is 0 Å². The van der Waals surface area contributed by atoms with Crippen molar-refractivity contribution < 1.29 is 14.7 Å². The van der Waals surface area contributed by atoms with E-state index in [-0.39, 0.29) is 12.3 Å². The highest BCUT2D eigenvalue weighted by Crippen LogP contribution is 2.33. The van der Waals surface area contributed by atoms with E-state index in [2.05, 4.69) is 10.3 Å². The minimum Gasteiger partial charge on any atom is -0.480 e. The van der Waals surface area contributed by atoms with Crippen LogP contribution in [0.15, 0.2) is 24.4 Å². The summed E-state index contributed by atoms with van der Waals surface area (Å²) in [6, 6.07) is 4.63. The highest BCUT2D eigenvalue weighted by molar-refractivity contribution is 6.31. The number of aromatic amines is 1. The molecule has 1 unspecified atom stereocenters. The summed E-state index contributed by atoms with van der Waals surface area (Å²) in [5.41, 5.74) is 1.71. The Morgan fingerprint density at radius 3 is 2.86 bits per heavy atom. The number of amides is 1. The van der Waals surface area contributed by atoms with Crippen LogP contribution in [0.2, 0.25) is 5.02 Å². The number of carbonyl (C=O) groups excluding carboxylic acids is 1. The maximum absolute atomic E-state index is 12.1. The average molecular weight is 321 g/mol. The molecule has 1 atom stereocenters. The highest BCUT2D eigenvalue weighted by Gasteiger charge is 2.30. The second-order valence-electron chi connectivity index (χ2n) is 5.82. The normalized spacial score (nSPS) is 15.7. The van der Waals surface area contributed by atoms with E-state index in [4.69, 9.17) is 11.6 Å². The molecular weight excluding hydrogens is 304 g/mol. The van der Waals surface area contributed by atoms with Gasteiger partial charge in [0.15, 0.2) is 0 Å². The predicted octanol–water partition coefficient (Wildman–Crippen LogP) is 2.73. The van der Waals surface area contributed by atoms with Gasteiger partial charge in [0.25, 0.3) is 0 Å². The van der Waals surface area contributed by atoms with Crippen LogP contribution >= 0.6 is 11.6 Å². The molecule has 116 valence electrons. The van der Waals surface area contributed by atoms with Gasteiger partial charge in [-0.05, 0) is 36.1 Å². The van der Waals surface area contributed by atoms with Crippen LogP contribution in [0, 0.1) is 5.92 Å². The van der Waals surface area contributed by atoms with Gasteiger partial charge in [-0.3, -0.25) is 4.79 Å². The summed E-state index contributed by atoms with van der Waals surface area (Å²) in [5.74, 6) is -0.815. The molecule has 1 aromatic carbocycles. The molecule has 1 saturated carbocycles. The molecule has 0 bridgehead atoms. The molecule has 1 aromatic heterocycles. The second-order valence-corrected chi connectivity index (χ2v) is 6.25. The zero-order chi connectivity index (χ0) is 15.7. The number of hydrogen-bond donors (Lipinski definition) is 3. The van der Waals surface area contributed by atoms with Crippen molar-refractivity contribution in [2.24, 2.45) is 5.92 Å². The topological polar surface area (TPSA) is 82.2 Å². The number of hydrogen-bond acceptors (Lipinski definition) is 2. The first-order chi connectivity index (χ1) is 10.5. The Morgan fingerprint density at radius 2 is 2.18 bits per heavy atom. The van der Waals surface area contributed by atoms with Crippen molar-refractivity contribution in [1.82, 2.24) is 10.3 Å². The quantitative estimate of drug-likeness (QED) is 0.765. The lowest BCUT2D eigenvalue weighted by molar-refractivity contribution is -0.142. The Balaban J connectivity index is 1.69. The first-order valence-electron chi connectivity index (χ1n) is 7.30. The summed E-state index contributed by atoms with van der Waals surface area (Å²) in [6.45, 7) is 0. The Bertz CT molecular complexity index is 721. The van der Waals surface area contributed by atoms with Gasteiger partial charge in [-0.25, -0.2) is 4.79 Å². The molecule has 0 saturated heterocycles. The fraction of sp³-hybridized carbons (Fsp3) is 0.375. The van der Waals surface area contributed by atoms with Gasteiger partial charge in [0, 0.05) is 22.1 Å². The molecule has 0 spiro atoms. The Morgan fingerprint density at radius 1 is 1.41 bits per heavy atom. The second kappa shape index (κ2) is 6.01. The molecule has 6 heteroatoms. The van der Waals surface area contributed by atoms with E-state index in [0.29, 0.717) is 17.4 Å². The molecule has 3 N–H and O–H groups in total. The number of carbonyl (C=O) groups is 2. The lowest BCUT2D eigenvalue weighted by Gasteiger charge is -2.13. The Labute approximate surface area is 132 Å². The zero-order valence-electron chi connectivity index (χ0n) is 11.9. The SMILES string of the molecule is O=C(Cc1c[nH]c2ccc(Cl)cc12)NC(CC1CC1)C(=O)O. The van der Waals surface area contributed by atoms with E-state index in [9.17, 15) is 14.7 Å². The van der Waals surface area contributed by atoms with Crippen molar-refractivity contribution in [1.29, 1.82) is 0 Å². The number of rotatable bonds is 6. The van der Waals surface area contributed by atoms with Crippen LogP contribution in [-0.2, 0) is 16.0 Å². The van der Waals surface area contributed by atoms with E-state index in [1.807, 2.05) is 6.07 Å². The van der Waals surface area contributed by atoms with Crippen molar-refractivity contribution >= 4 is 34.4 Å². The maximum atomic E-state index is 12.1. The number of halogens is 1. The molecule has 3 rings (SSSR count). The molecule has 2 aromatic rings. The van der Waals surface area contributed by atoms with E-state index in [1.54, 1.807) is 18.3 Å². The molecule has 0 radical (unpaired) electrons. The Hall–Kier alpha value is -2.01. The van der Waals surface area contributed by atoms with Crippen LogP contribution in [-0.4, -0.2) is 28.0 Å². The van der Waals surface area contributed by atoms with Crippen LogP contribution in [0.3, 0.4) is 0 Å². The van der Waals surface area contributed by atoms with Crippen LogP contribution in [0.5, 0.6) is 0 Å². The number of carboxylic acid groups (broad SMARTS) is 1. The standard InChI is InChI=1S/C16H17ClN2O3/c17-11-3-4-13-12(7-11)10(8-18-13)6-15(20)19-14(16(21)22)5-9-1-2-9/h3-4,7-9,14,18H,1-2,5-6H2,(H,19,20)(H,21,22). The smallest absolute Gasteiger partial charge is 0.326 e. The van der Waals surface area contributed by atoms with Crippen LogP contribution in [0.25, 0.3) is 10.9 Å². The largest absolute Gasteiger partial charge is 0.480 e. The Kier molecular flexibility index (Phi) is 4.07. The number of carboxylic acids is 1. The van der Waals surface area contributed by atoms with Gasteiger partial charge < -0.3 is 15.4 Å². The first kappa shape index (κ1) is 14.9. The van der Waals surface area contributed by atoms with E-state index in [1.165, 1.54) is 0 Å². The number of nitrogens with one attached hydrogen (secondary N) is 2. The molecule has 1 aliphatic carbocycles. The minimum absolute atomic E-state index is 0.134. The van der Waals surface area contributed by atoms with Crippen molar-refractivity contribution in [3.05, 3.63) is 35.0 Å². The number of fused-ring (bicyclic) bond motifs is 1. The molecule has 0 aliphatic heterocycles. The van der Waals surface area contributed by atoms with Gasteiger partial charge in [0.05, 0.1) is 6.42 Å². The predicted molar refractivity (Wildman–Crippen MR) is 83.9 cm³/mol. The lowest BCUT2D eigenvalue weighted by Crippen LogP contribution is -2.41. The van der Waals surface area contributed by atoms with Crippen molar-refractivity contribution in [2.45, 2.75) is 31.7 Å². The summed E-state index contributed by atoms with van der Waals surface area (Å²) in [5, 5.41) is 13.3. The summed E-state index contributed by atoms with van der Waals surface area (Å²) in [6.07, 6.45) is 4.52. The minimum atomic E-state index is -0.970. The third kappa shape index (κ3) is 3.42. The van der Waals surface area contributed by atoms with Crippen molar-refractivity contribution in [3.63, 3.8) is 0 Å². The summed E-state index contributed by atoms with van der Waals surface area (Å²) >= 11 is 5.98. The maximum Gasteiger partial charge on any atom is 0.326 e.